The lowest BCUT2D eigenvalue weighted by molar-refractivity contribution is 0.438. The monoisotopic (exact) mass is 238 g/mol. The zero-order valence-corrected chi connectivity index (χ0v) is 9.77. The van der Waals surface area contributed by atoms with Crippen molar-refractivity contribution >= 4 is 17.6 Å². The maximum absolute atomic E-state index is 13.7. The second-order valence-electron chi connectivity index (χ2n) is 3.42. The van der Waals surface area contributed by atoms with Gasteiger partial charge in [-0.2, -0.15) is 0 Å². The van der Waals surface area contributed by atoms with Crippen molar-refractivity contribution in [3.05, 3.63) is 29.6 Å². The summed E-state index contributed by atoms with van der Waals surface area (Å²) >= 11 is 1.56. The SMILES string of the molecule is CSc1cc(-c2cc(N)on2)c(F)cc1C. The van der Waals surface area contributed by atoms with E-state index >= 15 is 0 Å². The molecule has 0 amide bonds. The van der Waals surface area contributed by atoms with E-state index in [0.717, 1.165) is 10.5 Å². The number of rotatable bonds is 2. The van der Waals surface area contributed by atoms with Crippen LogP contribution in [0.25, 0.3) is 11.3 Å². The van der Waals surface area contributed by atoms with Gasteiger partial charge in [0.2, 0.25) is 5.88 Å². The second kappa shape index (κ2) is 4.17. The topological polar surface area (TPSA) is 52.0 Å². The number of halogens is 1. The van der Waals surface area contributed by atoms with E-state index in [9.17, 15) is 4.39 Å². The van der Waals surface area contributed by atoms with E-state index in [1.54, 1.807) is 17.8 Å². The van der Waals surface area contributed by atoms with Crippen LogP contribution in [0.15, 0.2) is 27.6 Å². The van der Waals surface area contributed by atoms with Crippen molar-refractivity contribution in [2.24, 2.45) is 0 Å². The predicted molar refractivity (Wildman–Crippen MR) is 62.8 cm³/mol. The highest BCUT2D eigenvalue weighted by molar-refractivity contribution is 7.98. The molecule has 1 heterocycles. The highest BCUT2D eigenvalue weighted by atomic mass is 32.2. The molecule has 3 nitrogen and oxygen atoms in total. The van der Waals surface area contributed by atoms with E-state index in [0.29, 0.717) is 11.3 Å². The Morgan fingerprint density at radius 1 is 1.38 bits per heavy atom. The smallest absolute Gasteiger partial charge is 0.222 e. The minimum Gasteiger partial charge on any atom is -0.368 e. The van der Waals surface area contributed by atoms with E-state index in [2.05, 4.69) is 5.16 Å². The summed E-state index contributed by atoms with van der Waals surface area (Å²) in [5.74, 6) is -0.135. The molecule has 0 saturated heterocycles. The van der Waals surface area contributed by atoms with Crippen molar-refractivity contribution in [2.75, 3.05) is 12.0 Å². The molecule has 0 unspecified atom stereocenters. The number of thioether (sulfide) groups is 1. The Morgan fingerprint density at radius 3 is 2.69 bits per heavy atom. The number of hydrogen-bond donors (Lipinski definition) is 1. The van der Waals surface area contributed by atoms with Gasteiger partial charge in [0, 0.05) is 16.5 Å². The first-order valence-electron chi connectivity index (χ1n) is 4.68. The van der Waals surface area contributed by atoms with Crippen LogP contribution in [0.4, 0.5) is 10.3 Å². The van der Waals surface area contributed by atoms with Crippen LogP contribution in [0.1, 0.15) is 5.56 Å². The molecule has 84 valence electrons. The number of hydrogen-bond acceptors (Lipinski definition) is 4. The first-order chi connectivity index (χ1) is 7.61. The average molecular weight is 238 g/mol. The molecule has 0 aliphatic heterocycles. The predicted octanol–water partition coefficient (Wildman–Crippen LogP) is 3.09. The molecule has 0 spiro atoms. The van der Waals surface area contributed by atoms with Gasteiger partial charge in [-0.15, -0.1) is 11.8 Å². The third-order valence-electron chi connectivity index (χ3n) is 2.29. The molecule has 1 aromatic carbocycles. The summed E-state index contributed by atoms with van der Waals surface area (Å²) in [6.45, 7) is 1.87. The fraction of sp³-hybridized carbons (Fsp3) is 0.182. The van der Waals surface area contributed by atoms with Crippen molar-refractivity contribution in [1.82, 2.24) is 5.16 Å². The first kappa shape index (κ1) is 11.0. The Bertz CT molecular complexity index is 525. The largest absolute Gasteiger partial charge is 0.368 e. The third kappa shape index (κ3) is 1.90. The van der Waals surface area contributed by atoms with Crippen molar-refractivity contribution < 1.29 is 8.91 Å². The molecule has 1 aromatic heterocycles. The molecule has 0 fully saturated rings. The number of anilines is 1. The van der Waals surface area contributed by atoms with Crippen LogP contribution >= 0.6 is 11.8 Å². The molecular formula is C11H11FN2OS. The zero-order chi connectivity index (χ0) is 11.7. The van der Waals surface area contributed by atoms with Gasteiger partial charge in [0.25, 0.3) is 0 Å². The van der Waals surface area contributed by atoms with Crippen LogP contribution in [0.3, 0.4) is 0 Å². The fourth-order valence-corrected chi connectivity index (χ4v) is 2.10. The number of aromatic nitrogens is 1. The summed E-state index contributed by atoms with van der Waals surface area (Å²) in [5.41, 5.74) is 7.15. The Hall–Kier alpha value is -1.49. The summed E-state index contributed by atoms with van der Waals surface area (Å²) < 4.78 is 18.5. The van der Waals surface area contributed by atoms with Crippen molar-refractivity contribution in [3.8, 4) is 11.3 Å². The molecular weight excluding hydrogens is 227 g/mol. The highest BCUT2D eigenvalue weighted by Crippen LogP contribution is 2.30. The normalized spacial score (nSPS) is 10.7. The van der Waals surface area contributed by atoms with Crippen LogP contribution in [-0.2, 0) is 0 Å². The van der Waals surface area contributed by atoms with Gasteiger partial charge in [-0.25, -0.2) is 4.39 Å². The molecule has 0 aliphatic carbocycles. The molecule has 0 radical (unpaired) electrons. The van der Waals surface area contributed by atoms with Gasteiger partial charge in [-0.1, -0.05) is 5.16 Å². The van der Waals surface area contributed by atoms with E-state index in [1.807, 2.05) is 13.2 Å². The summed E-state index contributed by atoms with van der Waals surface area (Å²) in [6.07, 6.45) is 1.95. The molecule has 5 heteroatoms. The lowest BCUT2D eigenvalue weighted by Crippen LogP contribution is -1.89. The maximum Gasteiger partial charge on any atom is 0.222 e. The molecule has 2 rings (SSSR count). The molecule has 0 saturated carbocycles. The van der Waals surface area contributed by atoms with E-state index in [-0.39, 0.29) is 11.7 Å². The molecule has 0 bridgehead atoms. The van der Waals surface area contributed by atoms with Crippen LogP contribution in [-0.4, -0.2) is 11.4 Å². The third-order valence-corrected chi connectivity index (χ3v) is 3.17. The lowest BCUT2D eigenvalue weighted by Gasteiger charge is -2.05. The number of nitrogens with two attached hydrogens (primary N) is 1. The highest BCUT2D eigenvalue weighted by Gasteiger charge is 2.12. The number of benzene rings is 1. The lowest BCUT2D eigenvalue weighted by atomic mass is 10.1. The van der Waals surface area contributed by atoms with Gasteiger partial charge in [-0.3, -0.25) is 0 Å². The van der Waals surface area contributed by atoms with Gasteiger partial charge < -0.3 is 10.3 Å². The summed E-state index contributed by atoms with van der Waals surface area (Å²) in [6, 6.07) is 4.76. The van der Waals surface area contributed by atoms with Crippen LogP contribution in [0.5, 0.6) is 0 Å². The number of nitrogens with zero attached hydrogens (tertiary/aromatic N) is 1. The number of aryl methyl sites for hydroxylation is 1. The van der Waals surface area contributed by atoms with Crippen LogP contribution in [0.2, 0.25) is 0 Å². The summed E-state index contributed by atoms with van der Waals surface area (Å²) in [5, 5.41) is 3.70. The minimum absolute atomic E-state index is 0.181. The maximum atomic E-state index is 13.7. The van der Waals surface area contributed by atoms with Gasteiger partial charge in [-0.05, 0) is 30.9 Å². The summed E-state index contributed by atoms with van der Waals surface area (Å²) in [4.78, 5) is 1.01. The van der Waals surface area contributed by atoms with E-state index < -0.39 is 0 Å². The van der Waals surface area contributed by atoms with Gasteiger partial charge in [0.1, 0.15) is 11.5 Å². The fourth-order valence-electron chi connectivity index (χ4n) is 1.49. The molecule has 2 N–H and O–H groups in total. The van der Waals surface area contributed by atoms with Crippen LogP contribution < -0.4 is 5.73 Å². The minimum atomic E-state index is -0.316. The van der Waals surface area contributed by atoms with Gasteiger partial charge >= 0.3 is 0 Å². The van der Waals surface area contributed by atoms with E-state index in [4.69, 9.17) is 10.3 Å². The zero-order valence-electron chi connectivity index (χ0n) is 8.95. The van der Waals surface area contributed by atoms with Crippen LogP contribution in [0, 0.1) is 12.7 Å². The number of nitrogen functional groups attached to an aromatic ring is 1. The molecule has 0 aliphatic rings. The van der Waals surface area contributed by atoms with Gasteiger partial charge in [0.05, 0.1) is 0 Å². The Morgan fingerprint density at radius 2 is 2.12 bits per heavy atom. The van der Waals surface area contributed by atoms with Crippen molar-refractivity contribution in [2.45, 2.75) is 11.8 Å². The Labute approximate surface area is 96.8 Å². The molecule has 16 heavy (non-hydrogen) atoms. The first-order valence-corrected chi connectivity index (χ1v) is 5.91. The standard InChI is InChI=1S/C11H11FN2OS/c1-6-3-8(12)7(4-10(6)16-2)9-5-11(13)15-14-9/h3-5H,13H2,1-2H3. The van der Waals surface area contributed by atoms with Gasteiger partial charge in [0.15, 0.2) is 0 Å². The van der Waals surface area contributed by atoms with Crippen molar-refractivity contribution in [3.63, 3.8) is 0 Å². The quantitative estimate of drug-likeness (QED) is 0.817. The Kier molecular flexibility index (Phi) is 2.87. The Balaban J connectivity index is 2.56. The summed E-state index contributed by atoms with van der Waals surface area (Å²) in [7, 11) is 0. The second-order valence-corrected chi connectivity index (χ2v) is 4.26. The van der Waals surface area contributed by atoms with Crippen molar-refractivity contribution in [1.29, 1.82) is 0 Å². The van der Waals surface area contributed by atoms with E-state index in [1.165, 1.54) is 12.1 Å². The molecule has 0 atom stereocenters. The molecule has 2 aromatic rings. The average Bonchev–Trinajstić information content (AvgIpc) is 2.65.